The van der Waals surface area contributed by atoms with Crippen molar-refractivity contribution in [3.8, 4) is 5.75 Å². The van der Waals surface area contributed by atoms with E-state index in [1.807, 2.05) is 0 Å². The Balaban J connectivity index is 1.07. The molecule has 41 heavy (non-hydrogen) atoms. The van der Waals surface area contributed by atoms with Crippen LogP contribution < -0.4 is 10.1 Å². The van der Waals surface area contributed by atoms with Crippen molar-refractivity contribution < 1.29 is 32.3 Å². The number of aromatic nitrogens is 1. The average Bonchev–Trinajstić information content (AvgIpc) is 2.97. The standard InChI is InChI=1S/C31H30F3N3O4/c32-22-4-1-19(2-5-22)29(38)20-11-13-37(14-12-20)31(40)21-3-10-28(35-18-21)30(39)36-25-6-8-26(9-7-25)41-27-16-23(33)15-24(34)17-27/h1-5,10,15-18,20,25-26H,6-9,11-14H2,(H,36,39)/t25-,26+. The minimum absolute atomic E-state index is 0.0443. The maximum Gasteiger partial charge on any atom is 0.270 e. The summed E-state index contributed by atoms with van der Waals surface area (Å²) < 4.78 is 45.7. The van der Waals surface area contributed by atoms with Gasteiger partial charge in [-0.05, 0) is 74.9 Å². The monoisotopic (exact) mass is 565 g/mol. The lowest BCUT2D eigenvalue weighted by atomic mass is 9.88. The SMILES string of the molecule is O=C(N[C@H]1CC[C@@H](Oc2cc(F)cc(F)c2)CC1)c1ccc(C(=O)N2CCC(C(=O)c3ccc(F)cc3)CC2)cn1. The lowest BCUT2D eigenvalue weighted by Crippen LogP contribution is -2.40. The Morgan fingerprint density at radius 3 is 2.02 bits per heavy atom. The van der Waals surface area contributed by atoms with E-state index in [2.05, 4.69) is 10.3 Å². The highest BCUT2D eigenvalue weighted by Gasteiger charge is 2.29. The number of halogens is 3. The van der Waals surface area contributed by atoms with E-state index in [0.29, 0.717) is 62.7 Å². The van der Waals surface area contributed by atoms with Crippen LogP contribution in [-0.2, 0) is 0 Å². The van der Waals surface area contributed by atoms with Gasteiger partial charge in [0.05, 0.1) is 11.7 Å². The van der Waals surface area contributed by atoms with Crippen molar-refractivity contribution in [1.82, 2.24) is 15.2 Å². The second kappa shape index (κ2) is 12.5. The number of likely N-dealkylation sites (tertiary alicyclic amines) is 1. The predicted octanol–water partition coefficient (Wildman–Crippen LogP) is 5.35. The Morgan fingerprint density at radius 1 is 0.780 bits per heavy atom. The van der Waals surface area contributed by atoms with E-state index in [0.717, 1.165) is 18.2 Å². The van der Waals surface area contributed by atoms with Gasteiger partial charge >= 0.3 is 0 Å². The molecule has 0 spiro atoms. The summed E-state index contributed by atoms with van der Waals surface area (Å²) >= 11 is 0. The topological polar surface area (TPSA) is 88.6 Å². The molecule has 0 radical (unpaired) electrons. The number of piperidine rings is 1. The van der Waals surface area contributed by atoms with Crippen LogP contribution in [0.4, 0.5) is 13.2 Å². The second-order valence-corrected chi connectivity index (χ2v) is 10.5. The molecule has 10 heteroatoms. The molecule has 1 aliphatic heterocycles. The molecule has 2 fully saturated rings. The predicted molar refractivity (Wildman–Crippen MR) is 144 cm³/mol. The van der Waals surface area contributed by atoms with Crippen molar-refractivity contribution >= 4 is 17.6 Å². The van der Waals surface area contributed by atoms with Crippen LogP contribution in [0, 0.1) is 23.4 Å². The average molecular weight is 566 g/mol. The molecule has 1 saturated heterocycles. The van der Waals surface area contributed by atoms with Gasteiger partial charge in [-0.1, -0.05) is 0 Å². The summed E-state index contributed by atoms with van der Waals surface area (Å²) in [6.45, 7) is 0.832. The minimum atomic E-state index is -0.694. The van der Waals surface area contributed by atoms with Crippen molar-refractivity contribution in [2.24, 2.45) is 5.92 Å². The van der Waals surface area contributed by atoms with Crippen LogP contribution in [0.15, 0.2) is 60.8 Å². The zero-order valence-electron chi connectivity index (χ0n) is 22.3. The molecule has 3 aromatic rings. The maximum absolute atomic E-state index is 13.4. The molecule has 2 heterocycles. The minimum Gasteiger partial charge on any atom is -0.490 e. The van der Waals surface area contributed by atoms with Gasteiger partial charge in [0.15, 0.2) is 5.78 Å². The van der Waals surface area contributed by atoms with E-state index in [1.165, 1.54) is 36.5 Å². The quantitative estimate of drug-likeness (QED) is 0.390. The molecule has 1 saturated carbocycles. The molecular formula is C31H30F3N3O4. The first-order chi connectivity index (χ1) is 19.7. The molecule has 0 atom stereocenters. The zero-order chi connectivity index (χ0) is 28.9. The molecule has 1 aromatic heterocycles. The number of nitrogens with one attached hydrogen (secondary N) is 1. The summed E-state index contributed by atoms with van der Waals surface area (Å²) in [5.74, 6) is -2.46. The third-order valence-electron chi connectivity index (χ3n) is 7.67. The van der Waals surface area contributed by atoms with E-state index in [-0.39, 0.29) is 47.1 Å². The van der Waals surface area contributed by atoms with Crippen LogP contribution in [-0.4, -0.2) is 52.7 Å². The summed E-state index contributed by atoms with van der Waals surface area (Å²) in [6, 6.07) is 11.6. The second-order valence-electron chi connectivity index (χ2n) is 10.5. The Labute approximate surface area is 235 Å². The van der Waals surface area contributed by atoms with E-state index < -0.39 is 17.5 Å². The number of amides is 2. The summed E-state index contributed by atoms with van der Waals surface area (Å²) in [6.07, 6.45) is 4.75. The summed E-state index contributed by atoms with van der Waals surface area (Å²) in [4.78, 5) is 44.3. The number of carbonyl (C=O) groups excluding carboxylic acids is 3. The Hall–Kier alpha value is -4.21. The van der Waals surface area contributed by atoms with Gasteiger partial charge in [0.25, 0.3) is 11.8 Å². The van der Waals surface area contributed by atoms with Crippen molar-refractivity contribution in [3.05, 3.63) is 95.1 Å². The number of hydrogen-bond donors (Lipinski definition) is 1. The molecule has 2 amide bonds. The van der Waals surface area contributed by atoms with Crippen LogP contribution in [0.25, 0.3) is 0 Å². The molecule has 0 unspecified atom stereocenters. The Morgan fingerprint density at radius 2 is 1.41 bits per heavy atom. The molecule has 1 N–H and O–H groups in total. The molecule has 214 valence electrons. The fourth-order valence-electron chi connectivity index (χ4n) is 5.41. The van der Waals surface area contributed by atoms with E-state index in [4.69, 9.17) is 4.74 Å². The third-order valence-corrected chi connectivity index (χ3v) is 7.67. The molecule has 1 aliphatic carbocycles. The van der Waals surface area contributed by atoms with Gasteiger partial charge in [-0.3, -0.25) is 19.4 Å². The van der Waals surface area contributed by atoms with E-state index in [9.17, 15) is 27.6 Å². The fraction of sp³-hybridized carbons (Fsp3) is 0.355. The van der Waals surface area contributed by atoms with Gasteiger partial charge in [-0.2, -0.15) is 0 Å². The van der Waals surface area contributed by atoms with Gasteiger partial charge < -0.3 is 15.0 Å². The number of Topliss-reactive ketones (excluding diaryl/α,β-unsaturated/α-hetero) is 1. The van der Waals surface area contributed by atoms with Crippen molar-refractivity contribution in [1.29, 1.82) is 0 Å². The summed E-state index contributed by atoms with van der Waals surface area (Å²) in [5.41, 5.74) is 1.02. The summed E-state index contributed by atoms with van der Waals surface area (Å²) in [5, 5.41) is 2.96. The van der Waals surface area contributed by atoms with Crippen LogP contribution in [0.2, 0.25) is 0 Å². The number of ether oxygens (including phenoxy) is 1. The molecule has 2 aliphatic rings. The van der Waals surface area contributed by atoms with Gasteiger partial charge in [0.1, 0.15) is 28.9 Å². The maximum atomic E-state index is 13.4. The lowest BCUT2D eigenvalue weighted by molar-refractivity contribution is 0.0649. The number of carbonyl (C=O) groups is 3. The van der Waals surface area contributed by atoms with Gasteiger partial charge in [-0.25, -0.2) is 13.2 Å². The number of benzene rings is 2. The van der Waals surface area contributed by atoms with Crippen LogP contribution >= 0.6 is 0 Å². The third kappa shape index (κ3) is 7.11. The molecular weight excluding hydrogens is 535 g/mol. The highest BCUT2D eigenvalue weighted by molar-refractivity contribution is 5.99. The Bertz CT molecular complexity index is 1380. The number of rotatable bonds is 7. The van der Waals surface area contributed by atoms with Gasteiger partial charge in [-0.15, -0.1) is 0 Å². The van der Waals surface area contributed by atoms with E-state index in [1.54, 1.807) is 11.0 Å². The Kier molecular flexibility index (Phi) is 8.66. The van der Waals surface area contributed by atoms with Crippen LogP contribution in [0.5, 0.6) is 5.75 Å². The first-order valence-corrected chi connectivity index (χ1v) is 13.7. The largest absolute Gasteiger partial charge is 0.490 e. The first-order valence-electron chi connectivity index (χ1n) is 13.7. The van der Waals surface area contributed by atoms with Crippen LogP contribution in [0.1, 0.15) is 69.7 Å². The van der Waals surface area contributed by atoms with Crippen molar-refractivity contribution in [3.63, 3.8) is 0 Å². The normalized spacial score (nSPS) is 19.4. The molecule has 7 nitrogen and oxygen atoms in total. The molecule has 0 bridgehead atoms. The van der Waals surface area contributed by atoms with Crippen LogP contribution in [0.3, 0.4) is 0 Å². The number of pyridine rings is 1. The molecule has 5 rings (SSSR count). The lowest BCUT2D eigenvalue weighted by Gasteiger charge is -2.31. The number of hydrogen-bond acceptors (Lipinski definition) is 5. The highest BCUT2D eigenvalue weighted by atomic mass is 19.1. The van der Waals surface area contributed by atoms with Crippen molar-refractivity contribution in [2.45, 2.75) is 50.7 Å². The summed E-state index contributed by atoms with van der Waals surface area (Å²) in [7, 11) is 0. The van der Waals surface area contributed by atoms with Gasteiger partial charge in [0, 0.05) is 55.0 Å². The van der Waals surface area contributed by atoms with Gasteiger partial charge in [0.2, 0.25) is 0 Å². The highest BCUT2D eigenvalue weighted by Crippen LogP contribution is 2.26. The first kappa shape index (κ1) is 28.3. The number of ketones is 1. The van der Waals surface area contributed by atoms with E-state index >= 15 is 0 Å². The smallest absolute Gasteiger partial charge is 0.270 e. The molecule has 2 aromatic carbocycles. The number of nitrogens with zero attached hydrogens (tertiary/aromatic N) is 2. The zero-order valence-corrected chi connectivity index (χ0v) is 22.3. The fourth-order valence-corrected chi connectivity index (χ4v) is 5.41. The van der Waals surface area contributed by atoms with Crippen molar-refractivity contribution in [2.75, 3.05) is 13.1 Å².